The van der Waals surface area contributed by atoms with Gasteiger partial charge in [-0.25, -0.2) is 22.2 Å². The number of nitriles is 1. The van der Waals surface area contributed by atoms with Gasteiger partial charge < -0.3 is 4.55 Å². The Morgan fingerprint density at radius 2 is 1.81 bits per heavy atom. The first kappa shape index (κ1) is 28.5. The molecule has 0 aliphatic rings. The SMILES string of the molecule is Cc1nc2cc(CC(C)(C#N)S(=O)(=O)C[C@](C)(N[S+]([O-])C(C)(C)C)c3cc(F)ccc3F)ccc2s1. The number of hydrogen-bond acceptors (Lipinski definition) is 7. The van der Waals surface area contributed by atoms with Crippen molar-refractivity contribution in [3.8, 4) is 6.07 Å². The standard InChI is InChI=1S/C25H29F2N3O3S3/c1-16-29-21-11-17(7-10-22(21)34-16)13-24(5,14-28)36(32,33)15-25(6,30-35(31)23(2,3)4)19-12-18(26)8-9-20(19)27/h7-12,30H,13,15H2,1-6H3/t24?,25-,35?/m0/s1. The molecule has 0 fully saturated rings. The third-order valence-electron chi connectivity index (χ3n) is 5.90. The zero-order chi connectivity index (χ0) is 27.1. The summed E-state index contributed by atoms with van der Waals surface area (Å²) < 4.78 is 70.5. The van der Waals surface area contributed by atoms with Crippen molar-refractivity contribution in [1.29, 1.82) is 5.26 Å². The molecule has 0 bridgehead atoms. The minimum Gasteiger partial charge on any atom is -0.598 e. The third-order valence-corrected chi connectivity index (χ3v) is 11.2. The Labute approximate surface area is 218 Å². The van der Waals surface area contributed by atoms with Crippen LogP contribution >= 0.6 is 11.3 Å². The molecular formula is C25H29F2N3O3S3. The molecule has 1 aromatic heterocycles. The van der Waals surface area contributed by atoms with Gasteiger partial charge in [0.1, 0.15) is 21.9 Å². The first-order valence-electron chi connectivity index (χ1n) is 11.1. The predicted octanol–water partition coefficient (Wildman–Crippen LogP) is 5.09. The van der Waals surface area contributed by atoms with E-state index < -0.39 is 53.6 Å². The molecule has 0 saturated heterocycles. The topological polar surface area (TPSA) is 106 Å². The van der Waals surface area contributed by atoms with Crippen molar-refractivity contribution in [1.82, 2.24) is 9.71 Å². The smallest absolute Gasteiger partial charge is 0.171 e. The summed E-state index contributed by atoms with van der Waals surface area (Å²) in [5.74, 6) is -2.41. The van der Waals surface area contributed by atoms with Gasteiger partial charge in [0.25, 0.3) is 0 Å². The summed E-state index contributed by atoms with van der Waals surface area (Å²) in [6, 6.07) is 9.97. The summed E-state index contributed by atoms with van der Waals surface area (Å²) >= 11 is -0.322. The zero-order valence-corrected chi connectivity index (χ0v) is 23.4. The Morgan fingerprint density at radius 1 is 1.14 bits per heavy atom. The second kappa shape index (κ2) is 9.99. The first-order chi connectivity index (χ1) is 16.5. The van der Waals surface area contributed by atoms with Crippen LogP contribution in [-0.2, 0) is 33.2 Å². The molecule has 1 heterocycles. The van der Waals surface area contributed by atoms with Gasteiger partial charge in [-0.15, -0.1) is 16.1 Å². The van der Waals surface area contributed by atoms with Crippen LogP contribution in [-0.4, -0.2) is 33.2 Å². The van der Waals surface area contributed by atoms with E-state index in [9.17, 15) is 27.0 Å². The molecule has 2 unspecified atom stereocenters. The molecule has 3 aromatic rings. The second-order valence-corrected chi connectivity index (χ2v) is 15.9. The van der Waals surface area contributed by atoms with Crippen molar-refractivity contribution in [3.63, 3.8) is 0 Å². The molecule has 0 amide bonds. The van der Waals surface area contributed by atoms with Gasteiger partial charge in [-0.05, 0) is 77.4 Å². The van der Waals surface area contributed by atoms with Crippen LogP contribution in [0.2, 0.25) is 0 Å². The van der Waals surface area contributed by atoms with E-state index in [2.05, 4.69) is 9.71 Å². The van der Waals surface area contributed by atoms with Crippen LogP contribution in [0.15, 0.2) is 36.4 Å². The second-order valence-electron chi connectivity index (χ2n) is 10.3. The Kier molecular flexibility index (Phi) is 7.90. The largest absolute Gasteiger partial charge is 0.598 e. The van der Waals surface area contributed by atoms with Gasteiger partial charge in [0.05, 0.1) is 27.0 Å². The maximum absolute atomic E-state index is 14.9. The fourth-order valence-electron chi connectivity index (χ4n) is 3.79. The summed E-state index contributed by atoms with van der Waals surface area (Å²) in [5, 5.41) is 10.9. The lowest BCUT2D eigenvalue weighted by Crippen LogP contribution is -2.55. The van der Waals surface area contributed by atoms with Gasteiger partial charge >= 0.3 is 0 Å². The zero-order valence-electron chi connectivity index (χ0n) is 21.0. The lowest BCUT2D eigenvalue weighted by molar-refractivity contribution is 0.427. The number of nitrogens with zero attached hydrogens (tertiary/aromatic N) is 2. The van der Waals surface area contributed by atoms with E-state index >= 15 is 0 Å². The normalized spacial score (nSPS) is 16.8. The van der Waals surface area contributed by atoms with E-state index in [1.165, 1.54) is 25.2 Å². The molecule has 2 aromatic carbocycles. The molecule has 3 atom stereocenters. The summed E-state index contributed by atoms with van der Waals surface area (Å²) in [6.07, 6.45) is -0.136. The van der Waals surface area contributed by atoms with Gasteiger partial charge in [-0.3, -0.25) is 0 Å². The Bertz CT molecular complexity index is 1430. The highest BCUT2D eigenvalue weighted by Crippen LogP contribution is 2.34. The van der Waals surface area contributed by atoms with Crippen molar-refractivity contribution < 1.29 is 21.8 Å². The van der Waals surface area contributed by atoms with Crippen molar-refractivity contribution in [2.75, 3.05) is 5.75 Å². The summed E-state index contributed by atoms with van der Waals surface area (Å²) in [5.41, 5.74) is -0.771. The average molecular weight is 554 g/mol. The maximum atomic E-state index is 14.9. The van der Waals surface area contributed by atoms with Crippen LogP contribution in [0.4, 0.5) is 8.78 Å². The predicted molar refractivity (Wildman–Crippen MR) is 141 cm³/mol. The number of sulfone groups is 1. The van der Waals surface area contributed by atoms with E-state index in [-0.39, 0.29) is 12.0 Å². The molecule has 0 aliphatic heterocycles. The lowest BCUT2D eigenvalue weighted by atomic mass is 9.94. The molecule has 0 aliphatic carbocycles. The minimum atomic E-state index is -4.31. The maximum Gasteiger partial charge on any atom is 0.171 e. The quantitative estimate of drug-likeness (QED) is 0.390. The number of fused-ring (bicyclic) bond motifs is 1. The molecule has 0 radical (unpaired) electrons. The van der Waals surface area contributed by atoms with Gasteiger partial charge in [0.15, 0.2) is 14.6 Å². The number of benzene rings is 2. The van der Waals surface area contributed by atoms with Crippen LogP contribution in [0.1, 0.15) is 50.8 Å². The fraction of sp³-hybridized carbons (Fsp3) is 0.440. The molecule has 0 spiro atoms. The van der Waals surface area contributed by atoms with Crippen molar-refractivity contribution in [2.24, 2.45) is 0 Å². The molecule has 3 rings (SSSR count). The molecule has 6 nitrogen and oxygen atoms in total. The van der Waals surface area contributed by atoms with E-state index in [4.69, 9.17) is 0 Å². The highest BCUT2D eigenvalue weighted by atomic mass is 32.2. The van der Waals surface area contributed by atoms with Crippen molar-refractivity contribution in [3.05, 3.63) is 64.2 Å². The van der Waals surface area contributed by atoms with Gasteiger partial charge in [0, 0.05) is 23.3 Å². The van der Waals surface area contributed by atoms with Gasteiger partial charge in [0.2, 0.25) is 0 Å². The molecule has 11 heteroatoms. The number of nitrogens with one attached hydrogen (secondary N) is 1. The van der Waals surface area contributed by atoms with Crippen LogP contribution in [0.3, 0.4) is 0 Å². The monoisotopic (exact) mass is 553 g/mol. The average Bonchev–Trinajstić information content (AvgIpc) is 3.13. The summed E-state index contributed by atoms with van der Waals surface area (Å²) in [7, 11) is -4.31. The molecular weight excluding hydrogens is 524 g/mol. The fourth-order valence-corrected chi connectivity index (χ4v) is 7.41. The number of thiazole rings is 1. The first-order valence-corrected chi connectivity index (χ1v) is 14.8. The van der Waals surface area contributed by atoms with Crippen LogP contribution in [0.25, 0.3) is 10.2 Å². The number of hydrogen-bond donors (Lipinski definition) is 1. The Balaban J connectivity index is 2.04. The van der Waals surface area contributed by atoms with Crippen LogP contribution < -0.4 is 4.72 Å². The van der Waals surface area contributed by atoms with E-state index in [1.54, 1.807) is 32.9 Å². The van der Waals surface area contributed by atoms with E-state index in [1.807, 2.05) is 19.1 Å². The van der Waals surface area contributed by atoms with Gasteiger partial charge in [-0.1, -0.05) is 6.07 Å². The highest BCUT2D eigenvalue weighted by molar-refractivity contribution is 7.93. The van der Waals surface area contributed by atoms with Crippen LogP contribution in [0, 0.1) is 29.9 Å². The number of rotatable bonds is 8. The van der Waals surface area contributed by atoms with Crippen molar-refractivity contribution in [2.45, 2.75) is 63.0 Å². The summed E-state index contributed by atoms with van der Waals surface area (Å²) in [4.78, 5) is 4.43. The van der Waals surface area contributed by atoms with E-state index in [0.29, 0.717) is 11.1 Å². The molecule has 194 valence electrons. The van der Waals surface area contributed by atoms with Crippen LogP contribution in [0.5, 0.6) is 0 Å². The number of aromatic nitrogens is 1. The minimum absolute atomic E-state index is 0.136. The van der Waals surface area contributed by atoms with E-state index in [0.717, 1.165) is 27.9 Å². The number of aryl methyl sites for hydroxylation is 1. The van der Waals surface area contributed by atoms with Gasteiger partial charge in [-0.2, -0.15) is 5.26 Å². The summed E-state index contributed by atoms with van der Waals surface area (Å²) in [6.45, 7) is 9.54. The number of halogens is 2. The molecule has 0 saturated carbocycles. The Morgan fingerprint density at radius 3 is 2.42 bits per heavy atom. The lowest BCUT2D eigenvalue weighted by Gasteiger charge is -2.36. The molecule has 1 N–H and O–H groups in total. The third kappa shape index (κ3) is 5.89. The van der Waals surface area contributed by atoms with Crippen molar-refractivity contribution >= 4 is 42.8 Å². The molecule has 36 heavy (non-hydrogen) atoms. The Hall–Kier alpha value is -2.10. The highest BCUT2D eigenvalue weighted by Gasteiger charge is 2.48.